The van der Waals surface area contributed by atoms with E-state index in [-0.39, 0.29) is 11.8 Å². The van der Waals surface area contributed by atoms with Crippen molar-refractivity contribution >= 4 is 11.8 Å². The third kappa shape index (κ3) is 8.98. The van der Waals surface area contributed by atoms with Crippen LogP contribution in [0.2, 0.25) is 0 Å². The van der Waals surface area contributed by atoms with E-state index in [1.807, 2.05) is 24.3 Å². The number of unbranched alkanes of at least 4 members (excludes halogenated alkanes) is 7. The number of benzene rings is 2. The van der Waals surface area contributed by atoms with Crippen LogP contribution in [-0.4, -0.2) is 17.9 Å². The summed E-state index contributed by atoms with van der Waals surface area (Å²) in [5, 5.41) is 0. The zero-order valence-corrected chi connectivity index (χ0v) is 20.2. The number of esters is 1. The van der Waals surface area contributed by atoms with Crippen LogP contribution in [-0.2, 0) is 16.0 Å². The van der Waals surface area contributed by atoms with Crippen LogP contribution in [0.15, 0.2) is 48.5 Å². The van der Waals surface area contributed by atoms with Gasteiger partial charge in [0, 0.05) is 12.0 Å². The number of aryl methyl sites for hydroxylation is 1. The summed E-state index contributed by atoms with van der Waals surface area (Å²) < 4.78 is 5.31. The van der Waals surface area contributed by atoms with Crippen LogP contribution in [0.4, 0.5) is 0 Å². The molecule has 3 nitrogen and oxygen atoms in total. The lowest BCUT2D eigenvalue weighted by Gasteiger charge is -2.13. The Labute approximate surface area is 194 Å². The molecule has 0 N–H and O–H groups in total. The number of ether oxygens (including phenoxy) is 1. The van der Waals surface area contributed by atoms with Gasteiger partial charge in [-0.15, -0.1) is 0 Å². The Hall–Kier alpha value is -2.42. The van der Waals surface area contributed by atoms with E-state index in [0.717, 1.165) is 36.8 Å². The van der Waals surface area contributed by atoms with Crippen molar-refractivity contribution in [1.29, 1.82) is 0 Å². The first-order valence-corrected chi connectivity index (χ1v) is 12.5. The molecular weight excluding hydrogens is 396 g/mol. The molecule has 174 valence electrons. The Balaban J connectivity index is 1.84. The van der Waals surface area contributed by atoms with Gasteiger partial charge in [0.25, 0.3) is 0 Å². The van der Waals surface area contributed by atoms with Crippen LogP contribution in [0, 0.1) is 0 Å². The standard InChI is InChI=1S/C29H40O3/c1-4-6-8-9-10-12-13-24-15-17-25(18-16-24)26-19-21-27(22-20-26)29(31)23(3)32-28(30)14-11-7-5-2/h15-23H,4-14H2,1-3H3. The summed E-state index contributed by atoms with van der Waals surface area (Å²) in [6, 6.07) is 16.3. The first-order valence-electron chi connectivity index (χ1n) is 12.5. The molecule has 1 atom stereocenters. The van der Waals surface area contributed by atoms with Crippen LogP contribution < -0.4 is 0 Å². The smallest absolute Gasteiger partial charge is 0.306 e. The van der Waals surface area contributed by atoms with Gasteiger partial charge in [0.1, 0.15) is 0 Å². The molecule has 0 saturated carbocycles. The number of carbonyl (C=O) groups is 2. The molecule has 32 heavy (non-hydrogen) atoms. The van der Waals surface area contributed by atoms with Crippen LogP contribution in [0.5, 0.6) is 0 Å². The summed E-state index contributed by atoms with van der Waals surface area (Å²) in [6.07, 6.45) is 11.5. The van der Waals surface area contributed by atoms with E-state index in [4.69, 9.17) is 4.74 Å². The minimum Gasteiger partial charge on any atom is -0.454 e. The number of hydrogen-bond donors (Lipinski definition) is 0. The second-order valence-electron chi connectivity index (χ2n) is 8.75. The average Bonchev–Trinajstić information content (AvgIpc) is 2.81. The molecule has 0 bridgehead atoms. The van der Waals surface area contributed by atoms with E-state index in [1.54, 1.807) is 6.92 Å². The quantitative estimate of drug-likeness (QED) is 0.162. The molecule has 0 heterocycles. The number of hydrogen-bond acceptors (Lipinski definition) is 3. The maximum atomic E-state index is 12.6. The Morgan fingerprint density at radius 2 is 1.25 bits per heavy atom. The maximum Gasteiger partial charge on any atom is 0.306 e. The normalized spacial score (nSPS) is 11.8. The molecule has 0 saturated heterocycles. The minimum atomic E-state index is -0.753. The van der Waals surface area contributed by atoms with Gasteiger partial charge in [0.05, 0.1) is 0 Å². The highest BCUT2D eigenvalue weighted by Crippen LogP contribution is 2.22. The highest BCUT2D eigenvalue weighted by molar-refractivity contribution is 6.00. The molecule has 0 aliphatic carbocycles. The summed E-state index contributed by atoms with van der Waals surface area (Å²) in [4.78, 5) is 24.5. The molecule has 2 rings (SSSR count). The predicted molar refractivity (Wildman–Crippen MR) is 133 cm³/mol. The van der Waals surface area contributed by atoms with Crippen molar-refractivity contribution in [2.45, 2.75) is 97.5 Å². The molecule has 0 aliphatic heterocycles. The highest BCUT2D eigenvalue weighted by atomic mass is 16.5. The van der Waals surface area contributed by atoms with Crippen molar-refractivity contribution in [3.05, 3.63) is 59.7 Å². The maximum absolute atomic E-state index is 12.6. The monoisotopic (exact) mass is 436 g/mol. The molecule has 2 aromatic carbocycles. The molecule has 0 aromatic heterocycles. The van der Waals surface area contributed by atoms with Gasteiger partial charge in [0.15, 0.2) is 6.10 Å². The van der Waals surface area contributed by atoms with Gasteiger partial charge in [-0.25, -0.2) is 0 Å². The first kappa shape index (κ1) is 25.8. The summed E-state index contributed by atoms with van der Waals surface area (Å²) in [5.74, 6) is -0.452. The van der Waals surface area contributed by atoms with E-state index < -0.39 is 6.10 Å². The number of Topliss-reactive ketones (excluding diaryl/α,β-unsaturated/α-hetero) is 1. The molecular formula is C29H40O3. The molecule has 0 spiro atoms. The van der Waals surface area contributed by atoms with Crippen LogP contribution in [0.3, 0.4) is 0 Å². The van der Waals surface area contributed by atoms with Gasteiger partial charge < -0.3 is 4.74 Å². The highest BCUT2D eigenvalue weighted by Gasteiger charge is 2.19. The Kier molecular flexibility index (Phi) is 11.8. The molecule has 2 aromatic rings. The fourth-order valence-electron chi connectivity index (χ4n) is 3.86. The van der Waals surface area contributed by atoms with Crippen molar-refractivity contribution < 1.29 is 14.3 Å². The molecule has 0 fully saturated rings. The van der Waals surface area contributed by atoms with Gasteiger partial charge in [0.2, 0.25) is 5.78 Å². The molecule has 0 aliphatic rings. The second kappa shape index (κ2) is 14.6. The van der Waals surface area contributed by atoms with Crippen LogP contribution >= 0.6 is 0 Å². The Morgan fingerprint density at radius 3 is 1.88 bits per heavy atom. The molecule has 0 amide bonds. The molecule has 3 heteroatoms. The number of ketones is 1. The van der Waals surface area contributed by atoms with Crippen molar-refractivity contribution in [2.75, 3.05) is 0 Å². The summed E-state index contributed by atoms with van der Waals surface area (Å²) in [5.41, 5.74) is 4.18. The molecule has 0 radical (unpaired) electrons. The predicted octanol–water partition coefficient (Wildman–Crippen LogP) is 7.95. The Morgan fingerprint density at radius 1 is 0.719 bits per heavy atom. The van der Waals surface area contributed by atoms with Crippen LogP contribution in [0.1, 0.15) is 101 Å². The van der Waals surface area contributed by atoms with Crippen LogP contribution in [0.25, 0.3) is 11.1 Å². The van der Waals surface area contributed by atoms with Gasteiger partial charge >= 0.3 is 5.97 Å². The number of rotatable bonds is 15. The van der Waals surface area contributed by atoms with E-state index >= 15 is 0 Å². The van der Waals surface area contributed by atoms with Crippen molar-refractivity contribution in [3.8, 4) is 11.1 Å². The van der Waals surface area contributed by atoms with Crippen molar-refractivity contribution in [1.82, 2.24) is 0 Å². The van der Waals surface area contributed by atoms with Gasteiger partial charge in [-0.3, -0.25) is 9.59 Å². The third-order valence-electron chi connectivity index (χ3n) is 5.94. The topological polar surface area (TPSA) is 43.4 Å². The lowest BCUT2D eigenvalue weighted by molar-refractivity contribution is -0.146. The number of carbonyl (C=O) groups excluding carboxylic acids is 2. The first-order chi connectivity index (χ1) is 15.5. The van der Waals surface area contributed by atoms with E-state index in [9.17, 15) is 9.59 Å². The minimum absolute atomic E-state index is 0.158. The summed E-state index contributed by atoms with van der Waals surface area (Å²) in [7, 11) is 0. The van der Waals surface area contributed by atoms with Gasteiger partial charge in [-0.1, -0.05) is 107 Å². The summed E-state index contributed by atoms with van der Waals surface area (Å²) >= 11 is 0. The van der Waals surface area contributed by atoms with E-state index in [1.165, 1.54) is 44.1 Å². The second-order valence-corrected chi connectivity index (χ2v) is 8.75. The average molecular weight is 437 g/mol. The zero-order chi connectivity index (χ0) is 23.2. The van der Waals surface area contributed by atoms with Crippen molar-refractivity contribution in [2.24, 2.45) is 0 Å². The van der Waals surface area contributed by atoms with Gasteiger partial charge in [-0.2, -0.15) is 0 Å². The van der Waals surface area contributed by atoms with Crippen molar-refractivity contribution in [3.63, 3.8) is 0 Å². The third-order valence-corrected chi connectivity index (χ3v) is 5.94. The van der Waals surface area contributed by atoms with E-state index in [2.05, 4.69) is 38.1 Å². The SMILES string of the molecule is CCCCCCCCc1ccc(-c2ccc(C(=O)C(C)OC(=O)CCCCC)cc2)cc1. The lowest BCUT2D eigenvalue weighted by atomic mass is 9.98. The Bertz CT molecular complexity index is 805. The van der Waals surface area contributed by atoms with E-state index in [0.29, 0.717) is 12.0 Å². The fraction of sp³-hybridized carbons (Fsp3) is 0.517. The largest absolute Gasteiger partial charge is 0.454 e. The lowest BCUT2D eigenvalue weighted by Crippen LogP contribution is -2.24. The fourth-order valence-corrected chi connectivity index (χ4v) is 3.86. The summed E-state index contributed by atoms with van der Waals surface area (Å²) in [6.45, 7) is 5.99. The van der Waals surface area contributed by atoms with Gasteiger partial charge in [-0.05, 0) is 42.9 Å². The zero-order valence-electron chi connectivity index (χ0n) is 20.2. The molecule has 1 unspecified atom stereocenters.